The monoisotopic (exact) mass is 312 g/mol. The molecule has 1 unspecified atom stereocenters. The Morgan fingerprint density at radius 2 is 2.17 bits per heavy atom. The first-order valence-corrected chi connectivity index (χ1v) is 7.67. The molecule has 1 N–H and O–H groups in total. The maximum Gasteiger partial charge on any atom is 0.271 e. The Kier molecular flexibility index (Phi) is 4.52. The average Bonchev–Trinajstić information content (AvgIpc) is 2.91. The number of aromatic nitrogens is 2. The summed E-state index contributed by atoms with van der Waals surface area (Å²) in [5.41, 5.74) is 2.78. The van der Waals surface area contributed by atoms with Crippen LogP contribution in [0.2, 0.25) is 0 Å². The quantitative estimate of drug-likeness (QED) is 0.855. The van der Waals surface area contributed by atoms with Gasteiger partial charge in [-0.05, 0) is 25.0 Å². The van der Waals surface area contributed by atoms with Gasteiger partial charge >= 0.3 is 0 Å². The van der Waals surface area contributed by atoms with Gasteiger partial charge in [-0.3, -0.25) is 4.79 Å². The fourth-order valence-electron chi connectivity index (χ4n) is 2.83. The van der Waals surface area contributed by atoms with Crippen molar-refractivity contribution in [3.8, 4) is 0 Å². The van der Waals surface area contributed by atoms with Gasteiger partial charge in [0, 0.05) is 25.4 Å². The number of fused-ring (bicyclic) bond motifs is 1. The lowest BCUT2D eigenvalue weighted by atomic mass is 10.1. The summed E-state index contributed by atoms with van der Waals surface area (Å²) in [5.74, 6) is 0.520. The third kappa shape index (κ3) is 3.17. The van der Waals surface area contributed by atoms with Crippen LogP contribution in [0.5, 0.6) is 0 Å². The Morgan fingerprint density at radius 3 is 2.91 bits per heavy atom. The minimum Gasteiger partial charge on any atom is -0.383 e. The van der Waals surface area contributed by atoms with Gasteiger partial charge in [-0.2, -0.15) is 0 Å². The van der Waals surface area contributed by atoms with Crippen LogP contribution >= 0.6 is 0 Å². The molecular weight excluding hydrogens is 292 g/mol. The second-order valence-electron chi connectivity index (χ2n) is 5.56. The highest BCUT2D eigenvalue weighted by molar-refractivity contribution is 5.92. The van der Waals surface area contributed by atoms with Gasteiger partial charge in [-0.1, -0.05) is 18.2 Å². The fraction of sp³-hybridized carbons (Fsp3) is 0.353. The number of hydrogen-bond donors (Lipinski definition) is 1. The molecule has 2 heterocycles. The van der Waals surface area contributed by atoms with Crippen LogP contribution < -0.4 is 10.2 Å². The van der Waals surface area contributed by atoms with E-state index in [9.17, 15) is 4.79 Å². The van der Waals surface area contributed by atoms with Crippen molar-refractivity contribution >= 4 is 17.4 Å². The largest absolute Gasteiger partial charge is 0.383 e. The standard InChI is InChI=1S/C17H20N4O2/c1-12-9-13-5-3-4-6-15(13)21(12)16-11-19-14(10-20-16)17(22)18-7-8-23-2/h3-6,10-12H,7-9H2,1-2H3,(H,18,22). The number of anilines is 2. The van der Waals surface area contributed by atoms with Crippen LogP contribution in [0, 0.1) is 0 Å². The molecule has 0 spiro atoms. The average molecular weight is 312 g/mol. The minimum absolute atomic E-state index is 0.240. The maximum absolute atomic E-state index is 11.9. The number of benzene rings is 1. The van der Waals surface area contributed by atoms with E-state index in [4.69, 9.17) is 4.74 Å². The van der Waals surface area contributed by atoms with Crippen molar-refractivity contribution in [3.63, 3.8) is 0 Å². The van der Waals surface area contributed by atoms with E-state index in [1.165, 1.54) is 11.8 Å². The predicted molar refractivity (Wildman–Crippen MR) is 88.0 cm³/mol. The number of amides is 1. The van der Waals surface area contributed by atoms with E-state index in [0.29, 0.717) is 24.9 Å². The minimum atomic E-state index is -0.240. The highest BCUT2D eigenvalue weighted by Gasteiger charge is 2.27. The van der Waals surface area contributed by atoms with Crippen molar-refractivity contribution in [1.82, 2.24) is 15.3 Å². The van der Waals surface area contributed by atoms with E-state index < -0.39 is 0 Å². The molecule has 6 heteroatoms. The SMILES string of the molecule is COCCNC(=O)c1cnc(N2c3ccccc3CC2C)cn1. The van der Waals surface area contributed by atoms with Crippen LogP contribution in [0.15, 0.2) is 36.7 Å². The number of hydrogen-bond acceptors (Lipinski definition) is 5. The van der Waals surface area contributed by atoms with E-state index in [1.54, 1.807) is 13.3 Å². The van der Waals surface area contributed by atoms with E-state index in [1.807, 2.05) is 12.1 Å². The first-order valence-electron chi connectivity index (χ1n) is 7.67. The van der Waals surface area contributed by atoms with Gasteiger partial charge in [0.25, 0.3) is 5.91 Å². The van der Waals surface area contributed by atoms with Gasteiger partial charge in [0.15, 0.2) is 5.82 Å². The molecule has 0 bridgehead atoms. The summed E-state index contributed by atoms with van der Waals surface area (Å²) >= 11 is 0. The molecule has 1 aromatic heterocycles. The van der Waals surface area contributed by atoms with Crippen molar-refractivity contribution in [2.45, 2.75) is 19.4 Å². The van der Waals surface area contributed by atoms with Gasteiger partial charge in [-0.15, -0.1) is 0 Å². The van der Waals surface area contributed by atoms with Crippen LogP contribution in [0.1, 0.15) is 23.0 Å². The van der Waals surface area contributed by atoms with Gasteiger partial charge in [0.05, 0.1) is 19.0 Å². The highest BCUT2D eigenvalue weighted by Crippen LogP contribution is 2.36. The lowest BCUT2D eigenvalue weighted by Crippen LogP contribution is -2.28. The van der Waals surface area contributed by atoms with Crippen LogP contribution in [-0.4, -0.2) is 42.2 Å². The molecule has 1 aliphatic rings. The summed E-state index contributed by atoms with van der Waals surface area (Å²) in [6.07, 6.45) is 4.16. The number of carbonyl (C=O) groups excluding carboxylic acids is 1. The van der Waals surface area contributed by atoms with Crippen LogP contribution in [-0.2, 0) is 11.2 Å². The second-order valence-corrected chi connectivity index (χ2v) is 5.56. The normalized spacial score (nSPS) is 16.3. The molecule has 0 saturated carbocycles. The molecule has 0 aliphatic carbocycles. The van der Waals surface area contributed by atoms with Gasteiger partial charge < -0.3 is 15.0 Å². The Bertz CT molecular complexity index is 687. The van der Waals surface area contributed by atoms with Crippen molar-refractivity contribution in [2.75, 3.05) is 25.2 Å². The maximum atomic E-state index is 11.9. The Labute approximate surface area is 135 Å². The first-order chi connectivity index (χ1) is 11.2. The van der Waals surface area contributed by atoms with E-state index >= 15 is 0 Å². The summed E-state index contributed by atoms with van der Waals surface area (Å²) in [7, 11) is 1.59. The van der Waals surface area contributed by atoms with E-state index in [2.05, 4.69) is 39.2 Å². The summed E-state index contributed by atoms with van der Waals surface area (Å²) in [6.45, 7) is 3.08. The molecule has 0 radical (unpaired) electrons. The third-order valence-electron chi connectivity index (χ3n) is 3.92. The molecule has 6 nitrogen and oxygen atoms in total. The lowest BCUT2D eigenvalue weighted by Gasteiger charge is -2.23. The Morgan fingerprint density at radius 1 is 1.35 bits per heavy atom. The zero-order valence-corrected chi connectivity index (χ0v) is 13.3. The topological polar surface area (TPSA) is 67.3 Å². The number of nitrogens with one attached hydrogen (secondary N) is 1. The second kappa shape index (κ2) is 6.75. The zero-order valence-electron chi connectivity index (χ0n) is 13.3. The van der Waals surface area contributed by atoms with Crippen LogP contribution in [0.4, 0.5) is 11.5 Å². The molecule has 1 atom stereocenters. The molecule has 1 amide bonds. The molecule has 0 fully saturated rings. The number of ether oxygens (including phenoxy) is 1. The highest BCUT2D eigenvalue weighted by atomic mass is 16.5. The smallest absolute Gasteiger partial charge is 0.271 e. The molecule has 3 rings (SSSR count). The summed E-state index contributed by atoms with van der Waals surface area (Å²) < 4.78 is 4.90. The molecule has 120 valence electrons. The molecule has 2 aromatic rings. The fourth-order valence-corrected chi connectivity index (χ4v) is 2.83. The zero-order chi connectivity index (χ0) is 16.2. The lowest BCUT2D eigenvalue weighted by molar-refractivity contribution is 0.0932. The summed E-state index contributed by atoms with van der Waals surface area (Å²) in [5, 5.41) is 2.73. The number of methoxy groups -OCH3 is 1. The summed E-state index contributed by atoms with van der Waals surface area (Å²) in [6, 6.07) is 8.62. The number of rotatable bonds is 5. The van der Waals surface area contributed by atoms with Crippen LogP contribution in [0.3, 0.4) is 0 Å². The number of carbonyl (C=O) groups is 1. The molecule has 23 heavy (non-hydrogen) atoms. The molecular formula is C17H20N4O2. The number of para-hydroxylation sites is 1. The Hall–Kier alpha value is -2.47. The van der Waals surface area contributed by atoms with Crippen molar-refractivity contribution in [2.24, 2.45) is 0 Å². The van der Waals surface area contributed by atoms with Gasteiger partial charge in [0.1, 0.15) is 5.69 Å². The molecule has 1 aliphatic heterocycles. The van der Waals surface area contributed by atoms with E-state index in [0.717, 1.165) is 17.9 Å². The van der Waals surface area contributed by atoms with Crippen molar-refractivity contribution < 1.29 is 9.53 Å². The van der Waals surface area contributed by atoms with Gasteiger partial charge in [0.2, 0.25) is 0 Å². The van der Waals surface area contributed by atoms with Crippen molar-refractivity contribution in [1.29, 1.82) is 0 Å². The van der Waals surface area contributed by atoms with Gasteiger partial charge in [-0.25, -0.2) is 9.97 Å². The van der Waals surface area contributed by atoms with E-state index in [-0.39, 0.29) is 5.91 Å². The first kappa shape index (κ1) is 15.4. The Balaban J connectivity index is 1.76. The number of nitrogens with zero attached hydrogens (tertiary/aromatic N) is 3. The molecule has 1 aromatic carbocycles. The molecule has 0 saturated heterocycles. The predicted octanol–water partition coefficient (Wildman–Crippen LogP) is 1.94. The van der Waals surface area contributed by atoms with Crippen LogP contribution in [0.25, 0.3) is 0 Å². The third-order valence-corrected chi connectivity index (χ3v) is 3.92. The van der Waals surface area contributed by atoms with Crippen molar-refractivity contribution in [3.05, 3.63) is 47.9 Å². The summed E-state index contributed by atoms with van der Waals surface area (Å²) in [4.78, 5) is 22.8.